The van der Waals surface area contributed by atoms with Crippen molar-refractivity contribution < 1.29 is 9.53 Å². The molecule has 1 aromatic carbocycles. The van der Waals surface area contributed by atoms with Crippen LogP contribution in [0.3, 0.4) is 0 Å². The number of methoxy groups -OCH3 is 1. The summed E-state index contributed by atoms with van der Waals surface area (Å²) in [6, 6.07) is 3.14. The molecule has 0 unspecified atom stereocenters. The fourth-order valence-corrected chi connectivity index (χ4v) is 2.92. The highest BCUT2D eigenvalue weighted by molar-refractivity contribution is 6.33. The third-order valence-electron chi connectivity index (χ3n) is 4.27. The Morgan fingerprint density at radius 3 is 2.73 bits per heavy atom. The van der Waals surface area contributed by atoms with Gasteiger partial charge in [-0.15, -0.1) is 0 Å². The molecule has 3 N–H and O–H groups in total. The number of likely N-dealkylation sites (tertiary alicyclic amines) is 1. The highest BCUT2D eigenvalue weighted by Gasteiger charge is 2.20. The molecule has 0 aromatic heterocycles. The van der Waals surface area contributed by atoms with Crippen LogP contribution in [0, 0.1) is 5.92 Å². The number of carbonyl (C=O) groups is 1. The van der Waals surface area contributed by atoms with Gasteiger partial charge in [0, 0.05) is 12.6 Å². The molecule has 2 rings (SSSR count). The molecule has 0 bridgehead atoms. The molecule has 0 atom stereocenters. The lowest BCUT2D eigenvalue weighted by Crippen LogP contribution is -2.38. The number of anilines is 1. The first-order chi connectivity index (χ1) is 10.5. The molecule has 1 aliphatic heterocycles. The molecule has 5 nitrogen and oxygen atoms in total. The zero-order valence-corrected chi connectivity index (χ0v) is 13.9. The van der Waals surface area contributed by atoms with Gasteiger partial charge in [-0.25, -0.2) is 0 Å². The zero-order chi connectivity index (χ0) is 16.1. The van der Waals surface area contributed by atoms with Gasteiger partial charge in [-0.1, -0.05) is 18.5 Å². The smallest absolute Gasteiger partial charge is 0.255 e. The summed E-state index contributed by atoms with van der Waals surface area (Å²) in [7, 11) is 1.51. The normalized spacial score (nSPS) is 16.5. The number of nitrogen functional groups attached to an aromatic ring is 1. The van der Waals surface area contributed by atoms with Gasteiger partial charge < -0.3 is 20.7 Å². The number of ether oxygens (including phenoxy) is 1. The third-order valence-corrected chi connectivity index (χ3v) is 4.60. The highest BCUT2D eigenvalue weighted by Crippen LogP contribution is 2.28. The Morgan fingerprint density at radius 1 is 1.45 bits per heavy atom. The predicted molar refractivity (Wildman–Crippen MR) is 89.6 cm³/mol. The summed E-state index contributed by atoms with van der Waals surface area (Å²) in [5.74, 6) is 0.805. The minimum Gasteiger partial charge on any atom is -0.496 e. The Balaban J connectivity index is 1.94. The molecule has 0 aliphatic carbocycles. The maximum atomic E-state index is 12.4. The number of hydrogen-bond donors (Lipinski definition) is 2. The number of amides is 1. The van der Waals surface area contributed by atoms with E-state index in [2.05, 4.69) is 17.1 Å². The number of benzene rings is 1. The van der Waals surface area contributed by atoms with Crippen molar-refractivity contribution in [2.45, 2.75) is 19.8 Å². The molecule has 0 saturated carbocycles. The Morgan fingerprint density at radius 2 is 2.14 bits per heavy atom. The Bertz CT molecular complexity index is 528. The average molecular weight is 326 g/mol. The summed E-state index contributed by atoms with van der Waals surface area (Å²) in [6.07, 6.45) is 2.24. The third kappa shape index (κ3) is 4.05. The zero-order valence-electron chi connectivity index (χ0n) is 13.2. The molecule has 1 heterocycles. The second kappa shape index (κ2) is 7.70. The monoisotopic (exact) mass is 325 g/mol. The van der Waals surface area contributed by atoms with Crippen LogP contribution in [0.2, 0.25) is 5.02 Å². The van der Waals surface area contributed by atoms with Gasteiger partial charge in [0.25, 0.3) is 5.91 Å². The van der Waals surface area contributed by atoms with Crippen LogP contribution in [-0.4, -0.2) is 44.1 Å². The molecule has 0 radical (unpaired) electrons. The molecule has 1 aliphatic rings. The summed E-state index contributed by atoms with van der Waals surface area (Å²) < 4.78 is 5.22. The number of nitrogens with one attached hydrogen (secondary N) is 1. The van der Waals surface area contributed by atoms with Gasteiger partial charge >= 0.3 is 0 Å². The molecular formula is C16H24ClN3O2. The van der Waals surface area contributed by atoms with Crippen molar-refractivity contribution in [3.05, 3.63) is 22.7 Å². The average Bonchev–Trinajstić information content (AvgIpc) is 2.55. The van der Waals surface area contributed by atoms with Crippen LogP contribution in [0.1, 0.15) is 30.1 Å². The predicted octanol–water partition coefficient (Wildman–Crippen LogP) is 2.39. The number of carbonyl (C=O) groups excluding carboxylic acids is 1. The number of piperidine rings is 1. The largest absolute Gasteiger partial charge is 0.496 e. The van der Waals surface area contributed by atoms with E-state index in [0.29, 0.717) is 34.5 Å². The van der Waals surface area contributed by atoms with Gasteiger partial charge in [-0.3, -0.25) is 4.79 Å². The van der Waals surface area contributed by atoms with Crippen molar-refractivity contribution >= 4 is 23.2 Å². The number of hydrogen-bond acceptors (Lipinski definition) is 4. The topological polar surface area (TPSA) is 67.6 Å². The number of rotatable bonds is 5. The van der Waals surface area contributed by atoms with Crippen molar-refractivity contribution in [3.63, 3.8) is 0 Å². The van der Waals surface area contributed by atoms with Crippen LogP contribution < -0.4 is 15.8 Å². The summed E-state index contributed by atoms with van der Waals surface area (Å²) in [5, 5.41) is 3.35. The lowest BCUT2D eigenvalue weighted by molar-refractivity contribution is 0.0934. The summed E-state index contributed by atoms with van der Waals surface area (Å²) >= 11 is 6.00. The van der Waals surface area contributed by atoms with Gasteiger partial charge in [0.1, 0.15) is 5.75 Å². The van der Waals surface area contributed by atoms with E-state index in [1.807, 2.05) is 0 Å². The van der Waals surface area contributed by atoms with Gasteiger partial charge in [-0.05, 0) is 44.5 Å². The molecule has 122 valence electrons. The van der Waals surface area contributed by atoms with Crippen LogP contribution in [0.15, 0.2) is 12.1 Å². The van der Waals surface area contributed by atoms with Crippen LogP contribution in [0.4, 0.5) is 5.69 Å². The van der Waals surface area contributed by atoms with Crippen LogP contribution >= 0.6 is 11.6 Å². The lowest BCUT2D eigenvalue weighted by atomic mass is 9.96. The Hall–Kier alpha value is -1.46. The summed E-state index contributed by atoms with van der Waals surface area (Å²) in [5.41, 5.74) is 6.56. The molecule has 6 heteroatoms. The number of halogens is 1. The van der Waals surface area contributed by atoms with Crippen molar-refractivity contribution in [3.8, 4) is 5.75 Å². The molecule has 0 spiro atoms. The van der Waals surface area contributed by atoms with Crippen molar-refractivity contribution in [1.29, 1.82) is 0 Å². The van der Waals surface area contributed by atoms with Gasteiger partial charge in [-0.2, -0.15) is 0 Å². The van der Waals surface area contributed by atoms with E-state index in [1.54, 1.807) is 12.1 Å². The van der Waals surface area contributed by atoms with Gasteiger partial charge in [0.2, 0.25) is 0 Å². The molecule has 1 fully saturated rings. The fourth-order valence-electron chi connectivity index (χ4n) is 2.75. The Labute approximate surface area is 136 Å². The number of nitrogens with two attached hydrogens (primary N) is 1. The quantitative estimate of drug-likeness (QED) is 0.816. The van der Waals surface area contributed by atoms with Crippen molar-refractivity contribution in [1.82, 2.24) is 10.2 Å². The van der Waals surface area contributed by atoms with Crippen molar-refractivity contribution in [2.24, 2.45) is 5.92 Å². The van der Waals surface area contributed by atoms with E-state index in [-0.39, 0.29) is 5.91 Å². The van der Waals surface area contributed by atoms with Crippen molar-refractivity contribution in [2.75, 3.05) is 39.0 Å². The van der Waals surface area contributed by atoms with E-state index in [9.17, 15) is 4.79 Å². The molecule has 1 amide bonds. The number of nitrogens with zero attached hydrogens (tertiary/aromatic N) is 1. The van der Waals surface area contributed by atoms with Gasteiger partial charge in [0.05, 0.1) is 23.4 Å². The first kappa shape index (κ1) is 16.9. The minimum absolute atomic E-state index is 0.170. The minimum atomic E-state index is -0.170. The molecule has 1 aromatic rings. The first-order valence-corrected chi connectivity index (χ1v) is 8.06. The summed E-state index contributed by atoms with van der Waals surface area (Å²) in [4.78, 5) is 14.8. The second-order valence-electron chi connectivity index (χ2n) is 5.66. The summed E-state index contributed by atoms with van der Waals surface area (Å²) in [6.45, 7) is 6.17. The molecular weight excluding hydrogens is 302 g/mol. The van der Waals surface area contributed by atoms with E-state index < -0.39 is 0 Å². The van der Waals surface area contributed by atoms with E-state index in [0.717, 1.165) is 32.5 Å². The fraction of sp³-hybridized carbons (Fsp3) is 0.562. The van der Waals surface area contributed by atoms with E-state index in [4.69, 9.17) is 22.1 Å². The highest BCUT2D eigenvalue weighted by atomic mass is 35.5. The molecule has 1 saturated heterocycles. The standard InChI is InChI=1S/C16H24ClN3O2/c1-3-20-6-4-11(5-7-20)10-19-16(21)12-8-13(17)14(18)9-15(12)22-2/h8-9,11H,3-7,10,18H2,1-2H3,(H,19,21). The maximum absolute atomic E-state index is 12.4. The van der Waals surface area contributed by atoms with Crippen LogP contribution in [0.5, 0.6) is 5.75 Å². The van der Waals surface area contributed by atoms with Crippen LogP contribution in [-0.2, 0) is 0 Å². The van der Waals surface area contributed by atoms with Gasteiger partial charge in [0.15, 0.2) is 0 Å². The second-order valence-corrected chi connectivity index (χ2v) is 6.07. The van der Waals surface area contributed by atoms with E-state index >= 15 is 0 Å². The maximum Gasteiger partial charge on any atom is 0.255 e. The van der Waals surface area contributed by atoms with E-state index in [1.165, 1.54) is 7.11 Å². The SMILES string of the molecule is CCN1CCC(CNC(=O)c2cc(Cl)c(N)cc2OC)CC1. The van der Waals surface area contributed by atoms with Crippen LogP contribution in [0.25, 0.3) is 0 Å². The first-order valence-electron chi connectivity index (χ1n) is 7.68. The Kier molecular flexibility index (Phi) is 5.91. The molecule has 22 heavy (non-hydrogen) atoms. The lowest BCUT2D eigenvalue weighted by Gasteiger charge is -2.31.